The number of ether oxygens (including phenoxy) is 2. The lowest BCUT2D eigenvalue weighted by molar-refractivity contribution is -0.132. The van der Waals surface area contributed by atoms with Gasteiger partial charge in [-0.15, -0.1) is 0 Å². The van der Waals surface area contributed by atoms with Crippen LogP contribution in [0.4, 0.5) is 9.59 Å². The SMILES string of the molecule is COC(=O)N[C@H](C(=O)NC(Cc1ccccc1)[C@@H](O)CN(Cc1ccc(-c2ccccn2)cc1)NC(=O)[C@H](NC(=O)OC)C(C)(C)C)C(C)(C)C. The maximum absolute atomic E-state index is 13.8. The first-order valence-corrected chi connectivity index (χ1v) is 16.8. The summed E-state index contributed by atoms with van der Waals surface area (Å²) in [4.78, 5) is 56.3. The van der Waals surface area contributed by atoms with Crippen molar-refractivity contribution in [2.45, 2.75) is 78.7 Å². The predicted octanol–water partition coefficient (Wildman–Crippen LogP) is 4.21. The Morgan fingerprint density at radius 3 is 1.78 bits per heavy atom. The van der Waals surface area contributed by atoms with E-state index in [1.165, 1.54) is 14.2 Å². The molecule has 0 bridgehead atoms. The van der Waals surface area contributed by atoms with Crippen LogP contribution >= 0.6 is 0 Å². The molecule has 4 atom stereocenters. The molecule has 0 spiro atoms. The highest BCUT2D eigenvalue weighted by Gasteiger charge is 2.37. The van der Waals surface area contributed by atoms with E-state index < -0.39 is 59.1 Å². The fourth-order valence-electron chi connectivity index (χ4n) is 5.38. The second kappa shape index (κ2) is 18.3. The molecule has 4 amide bonds. The van der Waals surface area contributed by atoms with Crippen LogP contribution < -0.4 is 21.4 Å². The van der Waals surface area contributed by atoms with Crippen LogP contribution in [0, 0.1) is 10.8 Å². The van der Waals surface area contributed by atoms with Gasteiger partial charge in [-0.25, -0.2) is 14.6 Å². The van der Waals surface area contributed by atoms with E-state index in [-0.39, 0.29) is 19.5 Å². The Morgan fingerprint density at radius 1 is 0.725 bits per heavy atom. The van der Waals surface area contributed by atoms with Gasteiger partial charge in [0.1, 0.15) is 12.1 Å². The number of nitrogens with zero attached hydrogens (tertiary/aromatic N) is 2. The number of methoxy groups -OCH3 is 2. The number of carbonyl (C=O) groups is 4. The van der Waals surface area contributed by atoms with Gasteiger partial charge >= 0.3 is 12.2 Å². The highest BCUT2D eigenvalue weighted by atomic mass is 16.5. The van der Waals surface area contributed by atoms with Gasteiger partial charge in [-0.1, -0.05) is 102 Å². The molecule has 1 unspecified atom stereocenters. The average Bonchev–Trinajstić information content (AvgIpc) is 3.08. The first kappa shape index (κ1) is 40.4. The monoisotopic (exact) mass is 704 g/mol. The van der Waals surface area contributed by atoms with Gasteiger partial charge < -0.3 is 30.5 Å². The number of hydrazine groups is 1. The molecule has 0 fully saturated rings. The molecule has 5 N–H and O–H groups in total. The van der Waals surface area contributed by atoms with E-state index in [2.05, 4.69) is 26.4 Å². The molecule has 0 aliphatic rings. The zero-order chi connectivity index (χ0) is 37.8. The molecule has 0 saturated heterocycles. The lowest BCUT2D eigenvalue weighted by Gasteiger charge is -2.35. The number of benzene rings is 2. The van der Waals surface area contributed by atoms with Crippen LogP contribution in [0.15, 0.2) is 79.0 Å². The summed E-state index contributed by atoms with van der Waals surface area (Å²) in [6.45, 7) is 10.9. The van der Waals surface area contributed by atoms with Crippen LogP contribution in [0.2, 0.25) is 0 Å². The van der Waals surface area contributed by atoms with E-state index >= 15 is 0 Å². The Morgan fingerprint density at radius 2 is 1.27 bits per heavy atom. The van der Waals surface area contributed by atoms with Gasteiger partial charge in [0.05, 0.1) is 32.1 Å². The first-order valence-electron chi connectivity index (χ1n) is 16.8. The largest absolute Gasteiger partial charge is 0.453 e. The normalized spacial score (nSPS) is 14.0. The molecule has 2 aromatic carbocycles. The highest BCUT2D eigenvalue weighted by Crippen LogP contribution is 2.23. The molecule has 1 aromatic heterocycles. The van der Waals surface area contributed by atoms with E-state index in [4.69, 9.17) is 9.47 Å². The third-order valence-electron chi connectivity index (χ3n) is 8.21. The second-order valence-corrected chi connectivity index (χ2v) is 14.5. The Labute approximate surface area is 300 Å². The number of hydrogen-bond donors (Lipinski definition) is 5. The van der Waals surface area contributed by atoms with Gasteiger partial charge in [0.15, 0.2) is 0 Å². The number of alkyl carbamates (subject to hydrolysis) is 2. The van der Waals surface area contributed by atoms with E-state index in [0.717, 1.165) is 22.4 Å². The van der Waals surface area contributed by atoms with Crippen LogP contribution in [0.5, 0.6) is 0 Å². The van der Waals surface area contributed by atoms with Crippen molar-refractivity contribution < 1.29 is 33.8 Å². The highest BCUT2D eigenvalue weighted by molar-refractivity contribution is 5.87. The average molecular weight is 705 g/mol. The molecule has 1 heterocycles. The zero-order valence-corrected chi connectivity index (χ0v) is 30.7. The third kappa shape index (κ3) is 12.7. The molecule has 0 aliphatic heterocycles. The number of aromatic nitrogens is 1. The lowest BCUT2D eigenvalue weighted by Crippen LogP contribution is -2.60. The second-order valence-electron chi connectivity index (χ2n) is 14.5. The minimum Gasteiger partial charge on any atom is -0.453 e. The summed E-state index contributed by atoms with van der Waals surface area (Å²) >= 11 is 0. The zero-order valence-electron chi connectivity index (χ0n) is 30.7. The van der Waals surface area contributed by atoms with Crippen molar-refractivity contribution >= 4 is 24.0 Å². The first-order chi connectivity index (χ1) is 24.0. The predicted molar refractivity (Wildman–Crippen MR) is 194 cm³/mol. The molecule has 51 heavy (non-hydrogen) atoms. The van der Waals surface area contributed by atoms with Crippen LogP contribution in [0.1, 0.15) is 52.7 Å². The molecule has 0 saturated carbocycles. The number of hydrogen-bond acceptors (Lipinski definition) is 9. The van der Waals surface area contributed by atoms with Crippen molar-refractivity contribution in [2.24, 2.45) is 10.8 Å². The topological polar surface area (TPSA) is 171 Å². The third-order valence-corrected chi connectivity index (χ3v) is 8.21. The Hall–Kier alpha value is -5.01. The summed E-state index contributed by atoms with van der Waals surface area (Å²) < 4.78 is 9.54. The van der Waals surface area contributed by atoms with Gasteiger partial charge in [-0.3, -0.25) is 20.0 Å². The van der Waals surface area contributed by atoms with Gasteiger partial charge in [0.25, 0.3) is 5.91 Å². The molecule has 3 rings (SSSR count). The van der Waals surface area contributed by atoms with E-state index in [0.29, 0.717) is 0 Å². The van der Waals surface area contributed by atoms with Crippen molar-refractivity contribution in [1.82, 2.24) is 31.4 Å². The number of carbonyl (C=O) groups excluding carboxylic acids is 4. The minimum absolute atomic E-state index is 0.120. The molecular formula is C38H52N6O7. The van der Waals surface area contributed by atoms with Crippen LogP contribution in [0.3, 0.4) is 0 Å². The molecule has 13 nitrogen and oxygen atoms in total. The smallest absolute Gasteiger partial charge is 0.407 e. The van der Waals surface area contributed by atoms with Crippen molar-refractivity contribution in [3.05, 3.63) is 90.1 Å². The van der Waals surface area contributed by atoms with Gasteiger partial charge in [0, 0.05) is 24.8 Å². The quantitative estimate of drug-likeness (QED) is 0.154. The van der Waals surface area contributed by atoms with E-state index in [9.17, 15) is 24.3 Å². The molecule has 0 radical (unpaired) electrons. The molecular weight excluding hydrogens is 652 g/mol. The maximum Gasteiger partial charge on any atom is 0.407 e. The molecule has 276 valence electrons. The van der Waals surface area contributed by atoms with Crippen molar-refractivity contribution in [2.75, 3.05) is 20.8 Å². The van der Waals surface area contributed by atoms with Gasteiger partial charge in [-0.2, -0.15) is 0 Å². The fraction of sp³-hybridized carbons (Fsp3) is 0.447. The Balaban J connectivity index is 1.96. The Bertz CT molecular complexity index is 1570. The summed E-state index contributed by atoms with van der Waals surface area (Å²) in [6.07, 6.45) is -0.778. The van der Waals surface area contributed by atoms with E-state index in [1.807, 2.05) is 93.6 Å². The van der Waals surface area contributed by atoms with Crippen LogP contribution in [-0.4, -0.2) is 84.1 Å². The number of rotatable bonds is 14. The molecule has 0 aliphatic carbocycles. The Kier molecular flexibility index (Phi) is 14.5. The standard InChI is InChI=1S/C38H52N6O7/c1-37(2,3)31(41-35(48)50-7)33(46)40-29(22-25-14-10-9-11-15-25)30(45)24-44(43-34(47)32(38(4,5)6)42-36(49)51-8)23-26-17-19-27(20-18-26)28-16-12-13-21-39-28/h9-21,29-32,45H,22-24H2,1-8H3,(H,40,46)(H,41,48)(H,42,49)(H,43,47)/t29?,30-,31+,32-/m0/s1. The molecule has 3 aromatic rings. The van der Waals surface area contributed by atoms with Gasteiger partial charge in [-0.05, 0) is 40.5 Å². The lowest BCUT2D eigenvalue weighted by atomic mass is 9.85. The van der Waals surface area contributed by atoms with Crippen molar-refractivity contribution in [3.8, 4) is 11.3 Å². The summed E-state index contributed by atoms with van der Waals surface area (Å²) in [5, 5.41) is 21.6. The fourth-order valence-corrected chi connectivity index (χ4v) is 5.38. The number of pyridine rings is 1. The number of aliphatic hydroxyl groups excluding tert-OH is 1. The number of nitrogens with one attached hydrogen (secondary N) is 4. The summed E-state index contributed by atoms with van der Waals surface area (Å²) in [6, 6.07) is 19.8. The summed E-state index contributed by atoms with van der Waals surface area (Å²) in [5.41, 5.74) is 4.88. The minimum atomic E-state index is -1.22. The molecule has 13 heteroatoms. The number of aliphatic hydroxyl groups is 1. The maximum atomic E-state index is 13.8. The van der Waals surface area contributed by atoms with Crippen molar-refractivity contribution in [1.29, 1.82) is 0 Å². The van der Waals surface area contributed by atoms with Gasteiger partial charge in [0.2, 0.25) is 5.91 Å². The number of amides is 4. The van der Waals surface area contributed by atoms with Crippen molar-refractivity contribution in [3.63, 3.8) is 0 Å². The van der Waals surface area contributed by atoms with E-state index in [1.54, 1.807) is 32.0 Å². The summed E-state index contributed by atoms with van der Waals surface area (Å²) in [5.74, 6) is -1.03. The summed E-state index contributed by atoms with van der Waals surface area (Å²) in [7, 11) is 2.44. The van der Waals surface area contributed by atoms with Crippen LogP contribution in [-0.2, 0) is 32.0 Å². The van der Waals surface area contributed by atoms with Crippen LogP contribution in [0.25, 0.3) is 11.3 Å².